The molecule has 0 saturated carbocycles. The molecule has 4 nitrogen and oxygen atoms in total. The zero-order valence-corrected chi connectivity index (χ0v) is 13.8. The first-order valence-electron chi connectivity index (χ1n) is 6.28. The molecule has 20 heavy (non-hydrogen) atoms. The molecule has 0 radical (unpaired) electrons. The van der Waals surface area contributed by atoms with E-state index in [-0.39, 0.29) is 16.9 Å². The van der Waals surface area contributed by atoms with Gasteiger partial charge in [-0.15, -0.1) is 0 Å². The molecule has 1 saturated heterocycles. The average Bonchev–Trinajstić information content (AvgIpc) is 2.77. The van der Waals surface area contributed by atoms with Crippen molar-refractivity contribution in [3.05, 3.63) is 22.7 Å². The molecule has 1 amide bonds. The lowest BCUT2D eigenvalue weighted by atomic mass is 10.1. The molecule has 108 valence electrons. The summed E-state index contributed by atoms with van der Waals surface area (Å²) in [6, 6.07) is 5.62. The van der Waals surface area contributed by atoms with E-state index in [9.17, 15) is 9.59 Å². The summed E-state index contributed by atoms with van der Waals surface area (Å²) in [5.41, 5.74) is 0.788. The summed E-state index contributed by atoms with van der Waals surface area (Å²) in [4.78, 5) is 24.9. The number of halogens is 1. The van der Waals surface area contributed by atoms with E-state index in [0.29, 0.717) is 24.5 Å². The van der Waals surface area contributed by atoms with Crippen molar-refractivity contribution < 1.29 is 14.3 Å². The van der Waals surface area contributed by atoms with Crippen molar-refractivity contribution in [3.8, 4) is 5.75 Å². The summed E-state index contributed by atoms with van der Waals surface area (Å²) in [5.74, 6) is 1.66. The first kappa shape index (κ1) is 15.4. The third kappa shape index (κ3) is 3.55. The van der Waals surface area contributed by atoms with Gasteiger partial charge in [0, 0.05) is 30.1 Å². The SMILES string of the molecule is COc1cc(Br)ccc1N1CC(CSC(C)=O)CC1=O. The van der Waals surface area contributed by atoms with Crippen LogP contribution < -0.4 is 9.64 Å². The molecule has 1 aromatic carbocycles. The summed E-state index contributed by atoms with van der Waals surface area (Å²) in [6.45, 7) is 2.19. The van der Waals surface area contributed by atoms with Crippen LogP contribution in [-0.2, 0) is 9.59 Å². The first-order valence-corrected chi connectivity index (χ1v) is 8.06. The van der Waals surface area contributed by atoms with Crippen LogP contribution >= 0.6 is 27.7 Å². The van der Waals surface area contributed by atoms with Crippen molar-refractivity contribution in [2.75, 3.05) is 24.3 Å². The standard InChI is InChI=1S/C14H16BrNO3S/c1-9(17)20-8-10-5-14(18)16(7-10)12-4-3-11(15)6-13(12)19-2/h3-4,6,10H,5,7-8H2,1-2H3. The number of rotatable bonds is 4. The molecule has 1 fully saturated rings. The van der Waals surface area contributed by atoms with Gasteiger partial charge in [0.05, 0.1) is 12.8 Å². The van der Waals surface area contributed by atoms with Crippen molar-refractivity contribution in [1.82, 2.24) is 0 Å². The fourth-order valence-electron chi connectivity index (χ4n) is 2.24. The predicted octanol–water partition coefficient (Wildman–Crippen LogP) is 3.09. The number of ether oxygens (including phenoxy) is 1. The van der Waals surface area contributed by atoms with Gasteiger partial charge in [-0.25, -0.2) is 0 Å². The summed E-state index contributed by atoms with van der Waals surface area (Å²) in [6.07, 6.45) is 0.486. The third-order valence-corrected chi connectivity index (χ3v) is 4.70. The fourth-order valence-corrected chi connectivity index (χ4v) is 3.27. The lowest BCUT2D eigenvalue weighted by molar-refractivity contribution is -0.117. The lowest BCUT2D eigenvalue weighted by Crippen LogP contribution is -2.25. The second kappa shape index (κ2) is 6.63. The Hall–Kier alpha value is -1.01. The maximum atomic E-state index is 12.1. The van der Waals surface area contributed by atoms with Crippen molar-refractivity contribution in [3.63, 3.8) is 0 Å². The quantitative estimate of drug-likeness (QED) is 0.830. The van der Waals surface area contributed by atoms with E-state index >= 15 is 0 Å². The smallest absolute Gasteiger partial charge is 0.227 e. The largest absolute Gasteiger partial charge is 0.495 e. The molecule has 0 aromatic heterocycles. The first-order chi connectivity index (χ1) is 9.51. The molecule has 2 rings (SSSR count). The minimum atomic E-state index is 0.0831. The molecule has 1 aliphatic heterocycles. The number of hydrogen-bond acceptors (Lipinski definition) is 4. The van der Waals surface area contributed by atoms with Crippen LogP contribution in [0.5, 0.6) is 5.75 Å². The highest BCUT2D eigenvalue weighted by Gasteiger charge is 2.32. The second-order valence-corrected chi connectivity index (χ2v) is 6.81. The number of carbonyl (C=O) groups is 2. The van der Waals surface area contributed by atoms with Gasteiger partial charge in [-0.3, -0.25) is 9.59 Å². The van der Waals surface area contributed by atoms with Gasteiger partial charge in [-0.05, 0) is 24.1 Å². The fraction of sp³-hybridized carbons (Fsp3) is 0.429. The molecular weight excluding hydrogens is 342 g/mol. The van der Waals surface area contributed by atoms with Crippen LogP contribution in [0.1, 0.15) is 13.3 Å². The molecule has 1 unspecified atom stereocenters. The number of thioether (sulfide) groups is 1. The Bertz CT molecular complexity index is 535. The van der Waals surface area contributed by atoms with Gasteiger partial charge in [0.1, 0.15) is 5.75 Å². The third-order valence-electron chi connectivity index (χ3n) is 3.16. The van der Waals surface area contributed by atoms with E-state index < -0.39 is 0 Å². The van der Waals surface area contributed by atoms with Gasteiger partial charge < -0.3 is 9.64 Å². The molecule has 0 spiro atoms. The van der Waals surface area contributed by atoms with E-state index in [4.69, 9.17) is 4.74 Å². The van der Waals surface area contributed by atoms with E-state index in [1.165, 1.54) is 11.8 Å². The Balaban J connectivity index is 2.13. The Kier molecular flexibility index (Phi) is 5.10. The van der Waals surface area contributed by atoms with Gasteiger partial charge in [-0.2, -0.15) is 0 Å². The van der Waals surface area contributed by atoms with Crippen LogP contribution in [0.15, 0.2) is 22.7 Å². The summed E-state index contributed by atoms with van der Waals surface area (Å²) < 4.78 is 6.25. The predicted molar refractivity (Wildman–Crippen MR) is 84.3 cm³/mol. The number of nitrogens with zero attached hydrogens (tertiary/aromatic N) is 1. The lowest BCUT2D eigenvalue weighted by Gasteiger charge is -2.19. The van der Waals surface area contributed by atoms with Crippen LogP contribution in [0.2, 0.25) is 0 Å². The number of anilines is 1. The minimum absolute atomic E-state index is 0.0831. The number of benzene rings is 1. The average molecular weight is 358 g/mol. The molecule has 6 heteroatoms. The molecule has 0 bridgehead atoms. The van der Waals surface area contributed by atoms with Crippen LogP contribution in [0.4, 0.5) is 5.69 Å². The van der Waals surface area contributed by atoms with Crippen molar-refractivity contribution in [2.45, 2.75) is 13.3 Å². The zero-order chi connectivity index (χ0) is 14.7. The second-order valence-electron chi connectivity index (χ2n) is 4.69. The molecule has 1 atom stereocenters. The summed E-state index contributed by atoms with van der Waals surface area (Å²) in [7, 11) is 1.59. The highest BCUT2D eigenvalue weighted by atomic mass is 79.9. The summed E-state index contributed by atoms with van der Waals surface area (Å²) in [5, 5.41) is 0.0946. The van der Waals surface area contributed by atoms with E-state index in [1.807, 2.05) is 18.2 Å². The Labute approximate surface area is 131 Å². The number of hydrogen-bond donors (Lipinski definition) is 0. The van der Waals surface area contributed by atoms with E-state index in [1.54, 1.807) is 18.9 Å². The maximum absolute atomic E-state index is 12.1. The van der Waals surface area contributed by atoms with Crippen LogP contribution in [0, 0.1) is 5.92 Å². The highest BCUT2D eigenvalue weighted by molar-refractivity contribution is 9.10. The normalized spacial score (nSPS) is 18.4. The molecule has 1 aliphatic rings. The Morgan fingerprint density at radius 3 is 2.95 bits per heavy atom. The Morgan fingerprint density at radius 2 is 2.30 bits per heavy atom. The maximum Gasteiger partial charge on any atom is 0.227 e. The van der Waals surface area contributed by atoms with Crippen LogP contribution in [-0.4, -0.2) is 30.4 Å². The topological polar surface area (TPSA) is 46.6 Å². The van der Waals surface area contributed by atoms with Gasteiger partial charge >= 0.3 is 0 Å². The highest BCUT2D eigenvalue weighted by Crippen LogP contribution is 2.35. The van der Waals surface area contributed by atoms with Gasteiger partial charge in [0.15, 0.2) is 5.12 Å². The number of methoxy groups -OCH3 is 1. The van der Waals surface area contributed by atoms with E-state index in [0.717, 1.165) is 10.2 Å². The van der Waals surface area contributed by atoms with Crippen LogP contribution in [0.25, 0.3) is 0 Å². The molecule has 1 heterocycles. The van der Waals surface area contributed by atoms with E-state index in [2.05, 4.69) is 15.9 Å². The zero-order valence-electron chi connectivity index (χ0n) is 11.4. The number of amides is 1. The van der Waals surface area contributed by atoms with Crippen molar-refractivity contribution in [1.29, 1.82) is 0 Å². The van der Waals surface area contributed by atoms with Gasteiger partial charge in [0.2, 0.25) is 5.91 Å². The monoisotopic (exact) mass is 357 g/mol. The van der Waals surface area contributed by atoms with Crippen molar-refractivity contribution in [2.24, 2.45) is 5.92 Å². The molecule has 0 N–H and O–H groups in total. The summed E-state index contributed by atoms with van der Waals surface area (Å²) >= 11 is 4.67. The van der Waals surface area contributed by atoms with Gasteiger partial charge in [0.25, 0.3) is 0 Å². The molecular formula is C14H16BrNO3S. The minimum Gasteiger partial charge on any atom is -0.495 e. The number of carbonyl (C=O) groups excluding carboxylic acids is 2. The van der Waals surface area contributed by atoms with Crippen molar-refractivity contribution >= 4 is 44.4 Å². The molecule has 1 aromatic rings. The molecule has 0 aliphatic carbocycles. The Morgan fingerprint density at radius 1 is 1.55 bits per heavy atom. The van der Waals surface area contributed by atoms with Gasteiger partial charge in [-0.1, -0.05) is 27.7 Å². The van der Waals surface area contributed by atoms with Crippen LogP contribution in [0.3, 0.4) is 0 Å².